The summed E-state index contributed by atoms with van der Waals surface area (Å²) < 4.78 is 5.12. The molecule has 0 aliphatic heterocycles. The van der Waals surface area contributed by atoms with Gasteiger partial charge < -0.3 is 14.5 Å². The van der Waals surface area contributed by atoms with Crippen molar-refractivity contribution >= 4 is 23.0 Å². The van der Waals surface area contributed by atoms with Crippen molar-refractivity contribution in [2.75, 3.05) is 11.9 Å². The number of thiophene rings is 1. The van der Waals surface area contributed by atoms with Crippen LogP contribution in [-0.4, -0.2) is 23.3 Å². The van der Waals surface area contributed by atoms with E-state index in [0.29, 0.717) is 11.4 Å². The highest BCUT2D eigenvalue weighted by atomic mass is 32.1. The van der Waals surface area contributed by atoms with Crippen molar-refractivity contribution in [3.05, 3.63) is 33.3 Å². The molecule has 0 spiro atoms. The highest BCUT2D eigenvalue weighted by molar-refractivity contribution is 7.13. The van der Waals surface area contributed by atoms with Gasteiger partial charge in [0, 0.05) is 11.9 Å². The molecule has 0 atom stereocenters. The van der Waals surface area contributed by atoms with Crippen molar-refractivity contribution < 1.29 is 14.4 Å². The second-order valence-electron chi connectivity index (χ2n) is 4.10. The highest BCUT2D eigenvalue weighted by Gasteiger charge is 2.15. The minimum absolute atomic E-state index is 0.358. The van der Waals surface area contributed by atoms with E-state index in [1.807, 2.05) is 31.9 Å². The quantitative estimate of drug-likeness (QED) is 0.921. The smallest absolute Gasteiger partial charge is 0.345 e. The molecule has 0 aromatic carbocycles. The zero-order chi connectivity index (χ0) is 13.3. The molecule has 2 rings (SSSR count). The Balaban J connectivity index is 2.16. The van der Waals surface area contributed by atoms with Crippen molar-refractivity contribution in [2.45, 2.75) is 20.4 Å². The Bertz CT molecular complexity index is 554. The van der Waals surface area contributed by atoms with Gasteiger partial charge in [0.25, 0.3) is 0 Å². The minimum atomic E-state index is -0.883. The molecule has 0 amide bonds. The number of carboxylic acid groups (broad SMARTS) is 1. The van der Waals surface area contributed by atoms with Gasteiger partial charge in [0.15, 0.2) is 5.76 Å². The number of carboxylic acids is 1. The Morgan fingerprint density at radius 2 is 2.22 bits per heavy atom. The first-order valence-corrected chi connectivity index (χ1v) is 6.26. The van der Waals surface area contributed by atoms with Crippen LogP contribution in [0.25, 0.3) is 0 Å². The predicted molar refractivity (Wildman–Crippen MR) is 69.4 cm³/mol. The largest absolute Gasteiger partial charge is 0.477 e. The maximum atomic E-state index is 10.8. The van der Waals surface area contributed by atoms with Gasteiger partial charge in [-0.3, -0.25) is 0 Å². The Labute approximate surface area is 109 Å². The van der Waals surface area contributed by atoms with E-state index in [0.717, 1.165) is 22.0 Å². The molecule has 0 unspecified atom stereocenters. The fourth-order valence-electron chi connectivity index (χ4n) is 1.91. The van der Waals surface area contributed by atoms with Crippen LogP contribution >= 0.6 is 11.3 Å². The van der Waals surface area contributed by atoms with Gasteiger partial charge in [0.1, 0.15) is 16.3 Å². The normalized spacial score (nSPS) is 10.6. The Morgan fingerprint density at radius 3 is 2.72 bits per heavy atom. The van der Waals surface area contributed by atoms with Gasteiger partial charge >= 0.3 is 5.97 Å². The summed E-state index contributed by atoms with van der Waals surface area (Å²) in [5.41, 5.74) is 1.80. The lowest BCUT2D eigenvalue weighted by Gasteiger charge is -2.17. The number of anilines is 1. The molecule has 0 saturated heterocycles. The highest BCUT2D eigenvalue weighted by Crippen LogP contribution is 2.26. The second-order valence-corrected chi connectivity index (χ2v) is 5.27. The summed E-state index contributed by atoms with van der Waals surface area (Å²) in [6.45, 7) is 4.39. The van der Waals surface area contributed by atoms with Crippen LogP contribution in [0.5, 0.6) is 0 Å². The van der Waals surface area contributed by atoms with Crippen molar-refractivity contribution in [1.29, 1.82) is 0 Å². The number of carbonyl (C=O) groups is 1. The zero-order valence-corrected chi connectivity index (χ0v) is 11.2. The number of aromatic carboxylic acids is 1. The SMILES string of the molecule is Cc1noc(C)c1N(C)Cc1ccc(C(=O)O)s1. The van der Waals surface area contributed by atoms with E-state index < -0.39 is 5.97 Å². The third-order valence-electron chi connectivity index (χ3n) is 2.64. The van der Waals surface area contributed by atoms with Crippen molar-refractivity contribution in [3.8, 4) is 0 Å². The molecule has 2 aromatic heterocycles. The summed E-state index contributed by atoms with van der Waals surface area (Å²) in [7, 11) is 1.94. The fourth-order valence-corrected chi connectivity index (χ4v) is 2.81. The first kappa shape index (κ1) is 12.6. The van der Waals surface area contributed by atoms with E-state index in [1.165, 1.54) is 11.3 Å². The van der Waals surface area contributed by atoms with Gasteiger partial charge in [-0.2, -0.15) is 0 Å². The van der Waals surface area contributed by atoms with Crippen molar-refractivity contribution in [3.63, 3.8) is 0 Å². The summed E-state index contributed by atoms with van der Waals surface area (Å²) in [4.78, 5) is 14.2. The van der Waals surface area contributed by atoms with Gasteiger partial charge in [0.05, 0.1) is 6.54 Å². The summed E-state index contributed by atoms with van der Waals surface area (Å²) in [6, 6.07) is 3.46. The van der Waals surface area contributed by atoms with E-state index >= 15 is 0 Å². The van der Waals surface area contributed by atoms with Crippen molar-refractivity contribution in [1.82, 2.24) is 5.16 Å². The first-order chi connectivity index (χ1) is 8.49. The third-order valence-corrected chi connectivity index (χ3v) is 3.70. The van der Waals surface area contributed by atoms with Gasteiger partial charge in [0.2, 0.25) is 0 Å². The lowest BCUT2D eigenvalue weighted by Crippen LogP contribution is -2.16. The minimum Gasteiger partial charge on any atom is -0.477 e. The van der Waals surface area contributed by atoms with Gasteiger partial charge in [-0.15, -0.1) is 11.3 Å². The third kappa shape index (κ3) is 2.38. The van der Waals surface area contributed by atoms with E-state index in [2.05, 4.69) is 5.16 Å². The molecule has 0 bridgehead atoms. The van der Waals surface area contributed by atoms with Gasteiger partial charge in [-0.05, 0) is 26.0 Å². The molecule has 5 nitrogen and oxygen atoms in total. The molecule has 0 aliphatic rings. The number of rotatable bonds is 4. The number of nitrogens with zero attached hydrogens (tertiary/aromatic N) is 2. The zero-order valence-electron chi connectivity index (χ0n) is 10.4. The fraction of sp³-hybridized carbons (Fsp3) is 0.333. The van der Waals surface area contributed by atoms with Crippen LogP contribution in [0.2, 0.25) is 0 Å². The van der Waals surface area contributed by atoms with Crippen LogP contribution in [0.1, 0.15) is 26.0 Å². The predicted octanol–water partition coefficient (Wildman–Crippen LogP) is 2.69. The molecular weight excluding hydrogens is 252 g/mol. The summed E-state index contributed by atoms with van der Waals surface area (Å²) in [5.74, 6) is -0.115. The topological polar surface area (TPSA) is 66.6 Å². The molecule has 6 heteroatoms. The van der Waals surface area contributed by atoms with Crippen LogP contribution in [-0.2, 0) is 6.54 Å². The summed E-state index contributed by atoms with van der Waals surface area (Å²) in [5, 5.41) is 12.8. The van der Waals surface area contributed by atoms with Crippen LogP contribution in [0.15, 0.2) is 16.7 Å². The Hall–Kier alpha value is -1.82. The lowest BCUT2D eigenvalue weighted by molar-refractivity contribution is 0.0702. The molecule has 96 valence electrons. The maximum Gasteiger partial charge on any atom is 0.345 e. The molecule has 2 heterocycles. The number of hydrogen-bond acceptors (Lipinski definition) is 5. The number of hydrogen-bond donors (Lipinski definition) is 1. The summed E-state index contributed by atoms with van der Waals surface area (Å²) >= 11 is 1.29. The molecule has 0 radical (unpaired) electrons. The monoisotopic (exact) mass is 266 g/mol. The summed E-state index contributed by atoms with van der Waals surface area (Å²) in [6.07, 6.45) is 0. The average Bonchev–Trinajstić information content (AvgIpc) is 2.86. The molecular formula is C12H14N2O3S. The van der Waals surface area contributed by atoms with E-state index in [-0.39, 0.29) is 0 Å². The first-order valence-electron chi connectivity index (χ1n) is 5.45. The van der Waals surface area contributed by atoms with Crippen molar-refractivity contribution in [2.24, 2.45) is 0 Å². The molecule has 0 fully saturated rings. The standard InChI is InChI=1S/C12H14N2O3S/c1-7-11(8(2)17-13-7)14(3)6-9-4-5-10(18-9)12(15)16/h4-5H,6H2,1-3H3,(H,15,16). The molecule has 1 N–H and O–H groups in total. The van der Waals surface area contributed by atoms with E-state index in [4.69, 9.17) is 9.63 Å². The van der Waals surface area contributed by atoms with Crippen LogP contribution < -0.4 is 4.90 Å². The van der Waals surface area contributed by atoms with Crippen LogP contribution in [0.4, 0.5) is 5.69 Å². The molecule has 18 heavy (non-hydrogen) atoms. The van der Waals surface area contributed by atoms with Crippen LogP contribution in [0, 0.1) is 13.8 Å². The average molecular weight is 266 g/mol. The van der Waals surface area contributed by atoms with Crippen LogP contribution in [0.3, 0.4) is 0 Å². The van der Waals surface area contributed by atoms with E-state index in [1.54, 1.807) is 6.07 Å². The molecule has 2 aromatic rings. The van der Waals surface area contributed by atoms with Gasteiger partial charge in [-0.25, -0.2) is 4.79 Å². The Morgan fingerprint density at radius 1 is 1.50 bits per heavy atom. The maximum absolute atomic E-state index is 10.8. The molecule has 0 aliphatic carbocycles. The number of aryl methyl sites for hydroxylation is 2. The molecule has 0 saturated carbocycles. The Kier molecular flexibility index (Phi) is 3.38. The second kappa shape index (κ2) is 4.81. The van der Waals surface area contributed by atoms with E-state index in [9.17, 15) is 4.79 Å². The lowest BCUT2D eigenvalue weighted by atomic mass is 10.3. The number of aromatic nitrogens is 1. The van der Waals surface area contributed by atoms with Gasteiger partial charge in [-0.1, -0.05) is 5.16 Å².